The summed E-state index contributed by atoms with van der Waals surface area (Å²) < 4.78 is 10.3. The predicted molar refractivity (Wildman–Crippen MR) is 119 cm³/mol. The van der Waals surface area contributed by atoms with E-state index in [0.717, 1.165) is 64.4 Å². The van der Waals surface area contributed by atoms with E-state index in [1.165, 1.54) is 21.9 Å². The lowest BCUT2D eigenvalue weighted by Gasteiger charge is -2.28. The second kappa shape index (κ2) is 7.24. The number of hydrogen-bond donors (Lipinski definition) is 1. The number of hydrogen-bond acceptors (Lipinski definition) is 5. The number of nitrogens with one attached hydrogen (secondary N) is 1. The normalized spacial score (nSPS) is 14.7. The van der Waals surface area contributed by atoms with Crippen LogP contribution in [-0.4, -0.2) is 37.7 Å². The smallest absolute Gasteiger partial charge is 0.121 e. The zero-order chi connectivity index (χ0) is 19.1. The van der Waals surface area contributed by atoms with Gasteiger partial charge in [0.25, 0.3) is 0 Å². The van der Waals surface area contributed by atoms with E-state index >= 15 is 0 Å². The summed E-state index contributed by atoms with van der Waals surface area (Å²) >= 11 is 8.33. The second-order valence-corrected chi connectivity index (χ2v) is 8.13. The molecule has 0 amide bonds. The van der Waals surface area contributed by atoms with Crippen molar-refractivity contribution in [2.75, 3.05) is 38.2 Å². The molecule has 1 aliphatic heterocycles. The molecule has 4 nitrogen and oxygen atoms in total. The van der Waals surface area contributed by atoms with Crippen molar-refractivity contribution in [3.8, 4) is 16.9 Å². The Hall–Kier alpha value is -2.34. The summed E-state index contributed by atoms with van der Waals surface area (Å²) in [6, 6.07) is 16.7. The fourth-order valence-electron chi connectivity index (χ4n) is 3.89. The molecule has 0 spiro atoms. The van der Waals surface area contributed by atoms with Gasteiger partial charge in [-0.3, -0.25) is 0 Å². The van der Waals surface area contributed by atoms with E-state index in [0.29, 0.717) is 0 Å². The van der Waals surface area contributed by atoms with Crippen molar-refractivity contribution in [2.45, 2.75) is 0 Å². The minimum atomic E-state index is 0.752. The molecule has 0 atom stereocenters. The molecular weight excluding hydrogens is 390 g/mol. The number of ether oxygens (including phenoxy) is 1. The van der Waals surface area contributed by atoms with Crippen LogP contribution in [0.25, 0.3) is 32.8 Å². The SMILES string of the molecule is COc1cc(-c2cc(Cl)c3c(N4CCNCC4)snc3c2)c2ccccc2c1. The zero-order valence-electron chi connectivity index (χ0n) is 15.5. The summed E-state index contributed by atoms with van der Waals surface area (Å²) in [6.07, 6.45) is 0. The van der Waals surface area contributed by atoms with Crippen LogP contribution in [0.2, 0.25) is 5.02 Å². The third kappa shape index (κ3) is 3.00. The van der Waals surface area contributed by atoms with Crippen LogP contribution in [0.3, 0.4) is 0 Å². The number of halogens is 1. The van der Waals surface area contributed by atoms with Gasteiger partial charge in [-0.2, -0.15) is 4.37 Å². The summed E-state index contributed by atoms with van der Waals surface area (Å²) in [4.78, 5) is 2.38. The number of benzene rings is 3. The highest BCUT2D eigenvalue weighted by Crippen LogP contribution is 2.41. The molecule has 1 aliphatic rings. The summed E-state index contributed by atoms with van der Waals surface area (Å²) in [5.74, 6) is 0.838. The van der Waals surface area contributed by atoms with E-state index in [-0.39, 0.29) is 0 Å². The number of piperazine rings is 1. The quantitative estimate of drug-likeness (QED) is 0.505. The number of rotatable bonds is 3. The Morgan fingerprint density at radius 3 is 2.75 bits per heavy atom. The molecule has 3 aromatic carbocycles. The largest absolute Gasteiger partial charge is 0.497 e. The van der Waals surface area contributed by atoms with Gasteiger partial charge in [0, 0.05) is 26.2 Å². The van der Waals surface area contributed by atoms with E-state index in [4.69, 9.17) is 20.7 Å². The van der Waals surface area contributed by atoms with Crippen LogP contribution in [0.4, 0.5) is 5.00 Å². The number of aromatic nitrogens is 1. The first-order valence-electron chi connectivity index (χ1n) is 9.36. The van der Waals surface area contributed by atoms with Crippen LogP contribution in [-0.2, 0) is 0 Å². The summed E-state index contributed by atoms with van der Waals surface area (Å²) in [5, 5.41) is 8.70. The summed E-state index contributed by atoms with van der Waals surface area (Å²) in [7, 11) is 1.70. The van der Waals surface area contributed by atoms with Crippen molar-refractivity contribution < 1.29 is 4.74 Å². The van der Waals surface area contributed by atoms with E-state index in [9.17, 15) is 0 Å². The van der Waals surface area contributed by atoms with Gasteiger partial charge in [0.1, 0.15) is 10.8 Å². The lowest BCUT2D eigenvalue weighted by molar-refractivity contribution is 0.415. The first-order valence-corrected chi connectivity index (χ1v) is 10.5. The van der Waals surface area contributed by atoms with Gasteiger partial charge in [0.15, 0.2) is 0 Å². The molecule has 2 heterocycles. The molecule has 0 saturated carbocycles. The number of methoxy groups -OCH3 is 1. The molecule has 0 radical (unpaired) electrons. The average molecular weight is 410 g/mol. The monoisotopic (exact) mass is 409 g/mol. The van der Waals surface area contributed by atoms with Gasteiger partial charge in [-0.25, -0.2) is 0 Å². The summed E-state index contributed by atoms with van der Waals surface area (Å²) in [6.45, 7) is 3.95. The maximum absolute atomic E-state index is 6.80. The molecule has 28 heavy (non-hydrogen) atoms. The van der Waals surface area contributed by atoms with Gasteiger partial charge in [-0.15, -0.1) is 0 Å². The van der Waals surface area contributed by atoms with Gasteiger partial charge in [-0.05, 0) is 57.7 Å². The Bertz CT molecular complexity index is 1170. The highest BCUT2D eigenvalue weighted by molar-refractivity contribution is 7.12. The molecule has 5 rings (SSSR count). The minimum absolute atomic E-state index is 0.752. The Morgan fingerprint density at radius 2 is 1.93 bits per heavy atom. The fourth-order valence-corrected chi connectivity index (χ4v) is 5.19. The first-order chi connectivity index (χ1) is 13.7. The molecule has 1 fully saturated rings. The van der Waals surface area contributed by atoms with Gasteiger partial charge in [-0.1, -0.05) is 35.9 Å². The third-order valence-corrected chi connectivity index (χ3v) is 6.52. The standard InChI is InChI=1S/C22H20ClN3OS/c1-27-16-10-14-4-2-3-5-17(14)18(13-16)15-11-19(23)21-20(12-15)25-28-22(21)26-8-6-24-7-9-26/h2-5,10-13,24H,6-9H2,1H3. The Balaban J connectivity index is 1.68. The topological polar surface area (TPSA) is 37.4 Å². The van der Waals surface area contributed by atoms with E-state index in [1.54, 1.807) is 7.11 Å². The zero-order valence-corrected chi connectivity index (χ0v) is 17.1. The van der Waals surface area contributed by atoms with Crippen LogP contribution in [0.15, 0.2) is 48.5 Å². The molecule has 1 saturated heterocycles. The van der Waals surface area contributed by atoms with Crippen LogP contribution < -0.4 is 15.0 Å². The maximum atomic E-state index is 6.80. The molecule has 0 bridgehead atoms. The molecular formula is C22H20ClN3OS. The Morgan fingerprint density at radius 1 is 1.11 bits per heavy atom. The predicted octanol–water partition coefficient (Wildman–Crippen LogP) is 5.19. The van der Waals surface area contributed by atoms with E-state index in [2.05, 4.69) is 52.7 Å². The van der Waals surface area contributed by atoms with Crippen LogP contribution in [0.5, 0.6) is 5.75 Å². The second-order valence-electron chi connectivity index (χ2n) is 6.97. The first kappa shape index (κ1) is 17.7. The Kier molecular flexibility index (Phi) is 4.59. The molecule has 6 heteroatoms. The van der Waals surface area contributed by atoms with Crippen LogP contribution >= 0.6 is 23.1 Å². The van der Waals surface area contributed by atoms with Gasteiger partial charge < -0.3 is 15.0 Å². The van der Waals surface area contributed by atoms with Gasteiger partial charge >= 0.3 is 0 Å². The third-order valence-electron chi connectivity index (χ3n) is 5.30. The van der Waals surface area contributed by atoms with Crippen molar-refractivity contribution in [1.82, 2.24) is 9.69 Å². The van der Waals surface area contributed by atoms with Gasteiger partial charge in [0.05, 0.1) is 23.0 Å². The van der Waals surface area contributed by atoms with Crippen molar-refractivity contribution >= 4 is 49.8 Å². The number of fused-ring (bicyclic) bond motifs is 2. The highest BCUT2D eigenvalue weighted by Gasteiger charge is 2.19. The molecule has 142 valence electrons. The average Bonchev–Trinajstić information content (AvgIpc) is 3.18. The number of anilines is 1. The van der Waals surface area contributed by atoms with E-state index < -0.39 is 0 Å². The molecule has 1 aromatic heterocycles. The maximum Gasteiger partial charge on any atom is 0.121 e. The van der Waals surface area contributed by atoms with E-state index in [1.807, 2.05) is 6.07 Å². The van der Waals surface area contributed by atoms with Crippen molar-refractivity contribution in [3.63, 3.8) is 0 Å². The summed E-state index contributed by atoms with van der Waals surface area (Å²) in [5.41, 5.74) is 3.12. The lowest BCUT2D eigenvalue weighted by Crippen LogP contribution is -2.43. The molecule has 0 aliphatic carbocycles. The highest BCUT2D eigenvalue weighted by atomic mass is 35.5. The molecule has 0 unspecified atom stereocenters. The van der Waals surface area contributed by atoms with Crippen LogP contribution in [0, 0.1) is 0 Å². The Labute approximate surface area is 172 Å². The molecule has 1 N–H and O–H groups in total. The lowest BCUT2D eigenvalue weighted by atomic mass is 9.97. The van der Waals surface area contributed by atoms with Crippen LogP contribution in [0.1, 0.15) is 0 Å². The number of nitrogens with zero attached hydrogens (tertiary/aromatic N) is 2. The van der Waals surface area contributed by atoms with Gasteiger partial charge in [0.2, 0.25) is 0 Å². The molecule has 4 aromatic rings. The van der Waals surface area contributed by atoms with Crippen molar-refractivity contribution in [3.05, 3.63) is 53.6 Å². The van der Waals surface area contributed by atoms with Crippen molar-refractivity contribution in [1.29, 1.82) is 0 Å². The van der Waals surface area contributed by atoms with Crippen molar-refractivity contribution in [2.24, 2.45) is 0 Å². The fraction of sp³-hybridized carbons (Fsp3) is 0.227. The minimum Gasteiger partial charge on any atom is -0.497 e.